The van der Waals surface area contributed by atoms with Crippen LogP contribution in [-0.2, 0) is 4.79 Å². The number of hydrogen-bond acceptors (Lipinski definition) is 3. The summed E-state index contributed by atoms with van der Waals surface area (Å²) in [5.41, 5.74) is 0. The van der Waals surface area contributed by atoms with Crippen LogP contribution in [0.25, 0.3) is 0 Å². The third-order valence-electron chi connectivity index (χ3n) is 4.80. The van der Waals surface area contributed by atoms with E-state index in [-0.39, 0.29) is 34.6 Å². The Hall–Kier alpha value is -0.960. The summed E-state index contributed by atoms with van der Waals surface area (Å²) < 4.78 is 0.260. The molecule has 0 radical (unpaired) electrons. The van der Waals surface area contributed by atoms with Crippen molar-refractivity contribution in [1.82, 2.24) is 15.5 Å². The molecule has 1 aliphatic carbocycles. The number of nitrogens with zero attached hydrogens (tertiary/aromatic N) is 2. The number of hydrogen-bond donors (Lipinski definition) is 2. The van der Waals surface area contributed by atoms with Crippen molar-refractivity contribution in [3.8, 4) is 0 Å². The zero-order valence-corrected chi connectivity index (χ0v) is 18.5. The van der Waals surface area contributed by atoms with Crippen LogP contribution < -0.4 is 10.6 Å². The minimum atomic E-state index is 0. The Bertz CT molecular complexity index is 601. The summed E-state index contributed by atoms with van der Waals surface area (Å²) in [6.45, 7) is 2.97. The summed E-state index contributed by atoms with van der Waals surface area (Å²) in [7, 11) is 1.75. The van der Waals surface area contributed by atoms with Gasteiger partial charge in [0.15, 0.2) is 5.96 Å². The van der Waals surface area contributed by atoms with Crippen molar-refractivity contribution in [2.45, 2.75) is 41.7 Å². The molecule has 144 valence electrons. The zero-order valence-electron chi connectivity index (χ0n) is 15.4. The minimum absolute atomic E-state index is 0. The highest BCUT2D eigenvalue weighted by atomic mass is 127. The second-order valence-corrected chi connectivity index (χ2v) is 8.36. The average molecular weight is 488 g/mol. The minimum Gasteiger partial charge on any atom is -0.355 e. The van der Waals surface area contributed by atoms with E-state index in [4.69, 9.17) is 0 Å². The molecule has 0 bridgehead atoms. The smallest absolute Gasteiger partial charge is 0.241 e. The first-order chi connectivity index (χ1) is 12.2. The summed E-state index contributed by atoms with van der Waals surface area (Å²) in [6, 6.07) is 10.5. The Labute approximate surface area is 177 Å². The number of carbonyl (C=O) groups excluding carboxylic acids is 1. The predicted molar refractivity (Wildman–Crippen MR) is 119 cm³/mol. The van der Waals surface area contributed by atoms with Gasteiger partial charge in [0.05, 0.1) is 6.54 Å². The van der Waals surface area contributed by atoms with E-state index in [9.17, 15) is 4.79 Å². The van der Waals surface area contributed by atoms with E-state index in [2.05, 4.69) is 39.9 Å². The number of carbonyl (C=O) groups is 1. The fourth-order valence-electron chi connectivity index (χ4n) is 3.07. The van der Waals surface area contributed by atoms with Gasteiger partial charge in [-0.3, -0.25) is 9.79 Å². The molecule has 1 aliphatic heterocycles. The number of benzene rings is 1. The molecular weight excluding hydrogens is 459 g/mol. The number of amides is 1. The third-order valence-corrected chi connectivity index (χ3v) is 6.30. The van der Waals surface area contributed by atoms with Gasteiger partial charge in [-0.25, -0.2) is 0 Å². The molecule has 26 heavy (non-hydrogen) atoms. The van der Waals surface area contributed by atoms with Crippen molar-refractivity contribution in [1.29, 1.82) is 0 Å². The van der Waals surface area contributed by atoms with Crippen LogP contribution >= 0.6 is 35.7 Å². The highest BCUT2D eigenvalue weighted by molar-refractivity contribution is 14.0. The summed E-state index contributed by atoms with van der Waals surface area (Å²) in [5.74, 6) is 0.882. The van der Waals surface area contributed by atoms with E-state index >= 15 is 0 Å². The summed E-state index contributed by atoms with van der Waals surface area (Å²) in [6.07, 6.45) is 5.91. The van der Waals surface area contributed by atoms with E-state index in [0.717, 1.165) is 32.5 Å². The molecule has 7 heteroatoms. The van der Waals surface area contributed by atoms with Crippen molar-refractivity contribution < 1.29 is 4.79 Å². The van der Waals surface area contributed by atoms with Gasteiger partial charge in [-0.15, -0.1) is 35.7 Å². The zero-order chi connectivity index (χ0) is 17.5. The van der Waals surface area contributed by atoms with Gasteiger partial charge in [-0.1, -0.05) is 18.2 Å². The topological polar surface area (TPSA) is 56.7 Å². The Morgan fingerprint density at radius 1 is 1.15 bits per heavy atom. The number of thioether (sulfide) groups is 1. The van der Waals surface area contributed by atoms with Gasteiger partial charge in [-0.05, 0) is 44.2 Å². The second kappa shape index (κ2) is 10.4. The van der Waals surface area contributed by atoms with Crippen LogP contribution in [0.1, 0.15) is 32.1 Å². The fraction of sp³-hybridized carbons (Fsp3) is 0.579. The molecule has 1 amide bonds. The molecule has 2 aliphatic rings. The van der Waals surface area contributed by atoms with Crippen molar-refractivity contribution >= 4 is 47.6 Å². The van der Waals surface area contributed by atoms with Crippen LogP contribution in [0.4, 0.5) is 0 Å². The highest BCUT2D eigenvalue weighted by Gasteiger charge is 2.43. The van der Waals surface area contributed by atoms with Crippen LogP contribution in [0.2, 0.25) is 0 Å². The lowest BCUT2D eigenvalue weighted by atomic mass is 10.1. The first-order valence-corrected chi connectivity index (χ1v) is 9.99. The van der Waals surface area contributed by atoms with E-state index in [1.54, 1.807) is 7.05 Å². The SMILES string of the molecule is CN=C(NCC(=O)N1CCCCC1)NCC1(Sc2ccccc2)CC1.I. The molecule has 1 saturated carbocycles. The standard InChI is InChI=1S/C19H28N4OS.HI/c1-20-18(21-14-17(24)23-12-6-3-7-13-23)22-15-19(10-11-19)25-16-8-4-2-5-9-16;/h2,4-5,8-9H,3,6-7,10-15H2,1H3,(H2,20,21,22);1H. The van der Waals surface area contributed by atoms with E-state index in [1.807, 2.05) is 22.7 Å². The van der Waals surface area contributed by atoms with Gasteiger partial charge in [0.1, 0.15) is 0 Å². The Kier molecular flexibility index (Phi) is 8.53. The first kappa shape index (κ1) is 21.3. The number of guanidine groups is 1. The Morgan fingerprint density at radius 2 is 1.85 bits per heavy atom. The maximum atomic E-state index is 12.2. The molecule has 0 aromatic heterocycles. The molecule has 2 N–H and O–H groups in total. The lowest BCUT2D eigenvalue weighted by Gasteiger charge is -2.27. The summed E-state index contributed by atoms with van der Waals surface area (Å²) >= 11 is 1.94. The molecule has 3 rings (SSSR count). The molecule has 0 unspecified atom stereocenters. The number of piperidine rings is 1. The molecular formula is C19H29IN4OS. The van der Waals surface area contributed by atoms with E-state index in [0.29, 0.717) is 12.5 Å². The molecule has 1 aromatic carbocycles. The highest BCUT2D eigenvalue weighted by Crippen LogP contribution is 2.51. The van der Waals surface area contributed by atoms with Crippen LogP contribution in [0.15, 0.2) is 40.2 Å². The quantitative estimate of drug-likeness (QED) is 0.367. The van der Waals surface area contributed by atoms with Gasteiger partial charge in [0, 0.05) is 36.3 Å². The van der Waals surface area contributed by atoms with Crippen molar-refractivity contribution in [3.63, 3.8) is 0 Å². The van der Waals surface area contributed by atoms with Crippen LogP contribution in [0.5, 0.6) is 0 Å². The molecule has 5 nitrogen and oxygen atoms in total. The Balaban J connectivity index is 0.00000243. The molecule has 0 spiro atoms. The maximum absolute atomic E-state index is 12.2. The predicted octanol–water partition coefficient (Wildman–Crippen LogP) is 3.11. The summed E-state index contributed by atoms with van der Waals surface area (Å²) in [4.78, 5) is 19.8. The van der Waals surface area contributed by atoms with Crippen LogP contribution in [0, 0.1) is 0 Å². The molecule has 2 fully saturated rings. The van der Waals surface area contributed by atoms with Gasteiger partial charge in [0.25, 0.3) is 0 Å². The van der Waals surface area contributed by atoms with Crippen molar-refractivity contribution in [2.75, 3.05) is 33.2 Å². The number of halogens is 1. The molecule has 1 heterocycles. The van der Waals surface area contributed by atoms with Gasteiger partial charge in [-0.2, -0.15) is 0 Å². The van der Waals surface area contributed by atoms with Crippen molar-refractivity contribution in [3.05, 3.63) is 30.3 Å². The van der Waals surface area contributed by atoms with Gasteiger partial charge < -0.3 is 15.5 Å². The van der Waals surface area contributed by atoms with Gasteiger partial charge >= 0.3 is 0 Å². The first-order valence-electron chi connectivity index (χ1n) is 9.17. The largest absolute Gasteiger partial charge is 0.355 e. The van der Waals surface area contributed by atoms with Gasteiger partial charge in [0.2, 0.25) is 5.91 Å². The van der Waals surface area contributed by atoms with Crippen LogP contribution in [-0.4, -0.2) is 54.7 Å². The number of rotatable bonds is 6. The average Bonchev–Trinajstić information content (AvgIpc) is 3.42. The molecule has 1 aromatic rings. The molecule has 1 saturated heterocycles. The second-order valence-electron chi connectivity index (χ2n) is 6.82. The molecule has 0 atom stereocenters. The number of aliphatic imine (C=N–C) groups is 1. The third kappa shape index (κ3) is 6.33. The van der Waals surface area contributed by atoms with Crippen molar-refractivity contribution in [2.24, 2.45) is 4.99 Å². The maximum Gasteiger partial charge on any atom is 0.241 e. The monoisotopic (exact) mass is 488 g/mol. The van der Waals surface area contributed by atoms with Crippen LogP contribution in [0.3, 0.4) is 0 Å². The Morgan fingerprint density at radius 3 is 2.46 bits per heavy atom. The van der Waals surface area contributed by atoms with E-state index in [1.165, 1.54) is 24.2 Å². The summed E-state index contributed by atoms with van der Waals surface area (Å²) in [5, 5.41) is 6.57. The number of nitrogens with one attached hydrogen (secondary N) is 2. The lowest BCUT2D eigenvalue weighted by Crippen LogP contribution is -2.47. The fourth-order valence-corrected chi connectivity index (χ4v) is 4.32. The van der Waals surface area contributed by atoms with E-state index < -0.39 is 0 Å². The number of likely N-dealkylation sites (tertiary alicyclic amines) is 1. The normalized spacial score (nSPS) is 18.7. The lowest BCUT2D eigenvalue weighted by molar-refractivity contribution is -0.130.